The molecule has 0 spiro atoms. The molecule has 1 heterocycles. The van der Waals surface area contributed by atoms with E-state index in [1.807, 2.05) is 0 Å². The summed E-state index contributed by atoms with van der Waals surface area (Å²) < 4.78 is 29.1. The third-order valence-corrected chi connectivity index (χ3v) is 6.54. The van der Waals surface area contributed by atoms with E-state index in [9.17, 15) is 9.36 Å². The molecule has 10 heteroatoms. The number of hydroxylamine groups is 1. The number of nitrogens with one attached hydrogen (secondary N) is 1. The average molecular weight is 412 g/mol. The van der Waals surface area contributed by atoms with Crippen LogP contribution in [0.15, 0.2) is 17.6 Å². The molecule has 0 radical (unpaired) electrons. The van der Waals surface area contributed by atoms with Crippen molar-refractivity contribution in [1.29, 1.82) is 0 Å². The van der Waals surface area contributed by atoms with Gasteiger partial charge in [-0.1, -0.05) is 0 Å². The Kier molecular flexibility index (Phi) is 6.29. The lowest BCUT2D eigenvalue weighted by molar-refractivity contribution is 0.0537. The molecule has 0 unspecified atom stereocenters. The summed E-state index contributed by atoms with van der Waals surface area (Å²) in [5.74, 6) is 0.146. The summed E-state index contributed by atoms with van der Waals surface area (Å²) in [7, 11) is -1.98. The van der Waals surface area contributed by atoms with Crippen molar-refractivity contribution in [3.05, 3.63) is 33.6 Å². The number of carbonyl (C=O) groups excluding carboxylic acids is 1. The van der Waals surface area contributed by atoms with Gasteiger partial charge in [-0.15, -0.1) is 11.3 Å². The molecular formula is C17H21N2O6PS. The molecule has 27 heavy (non-hydrogen) atoms. The van der Waals surface area contributed by atoms with Crippen LogP contribution in [-0.4, -0.2) is 37.6 Å². The van der Waals surface area contributed by atoms with Crippen molar-refractivity contribution >= 4 is 24.8 Å². The molecule has 0 atom stereocenters. The average Bonchev–Trinajstić information content (AvgIpc) is 3.21. The second-order valence-electron chi connectivity index (χ2n) is 5.62. The molecule has 0 fully saturated rings. The van der Waals surface area contributed by atoms with Gasteiger partial charge in [-0.05, 0) is 31.5 Å². The Hall–Kier alpha value is -1.77. The monoisotopic (exact) mass is 412 g/mol. The summed E-state index contributed by atoms with van der Waals surface area (Å²) in [6, 6.07) is 3.32. The Bertz CT molecular complexity index is 874. The first-order chi connectivity index (χ1) is 13.0. The first-order valence-electron chi connectivity index (χ1n) is 8.45. The minimum atomic E-state index is -3.36. The van der Waals surface area contributed by atoms with E-state index in [4.69, 9.17) is 18.6 Å². The Morgan fingerprint density at radius 1 is 1.30 bits per heavy atom. The number of amides is 1. The van der Waals surface area contributed by atoms with Gasteiger partial charge in [0, 0.05) is 22.4 Å². The van der Waals surface area contributed by atoms with E-state index >= 15 is 0 Å². The van der Waals surface area contributed by atoms with Gasteiger partial charge < -0.3 is 13.8 Å². The Balaban J connectivity index is 1.95. The van der Waals surface area contributed by atoms with Crippen molar-refractivity contribution < 1.29 is 28.0 Å². The number of nitrogens with zero attached hydrogens (tertiary/aromatic N) is 1. The van der Waals surface area contributed by atoms with Crippen LogP contribution in [0.1, 0.15) is 34.6 Å². The van der Waals surface area contributed by atoms with E-state index in [0.29, 0.717) is 17.7 Å². The van der Waals surface area contributed by atoms with E-state index < -0.39 is 7.60 Å². The highest BCUT2D eigenvalue weighted by molar-refractivity contribution is 7.53. The number of fused-ring (bicyclic) bond motifs is 3. The molecule has 1 amide bonds. The molecule has 0 saturated heterocycles. The third-order valence-electron chi connectivity index (χ3n) is 3.96. The van der Waals surface area contributed by atoms with Crippen LogP contribution < -0.4 is 10.2 Å². The van der Waals surface area contributed by atoms with Gasteiger partial charge in [0.15, 0.2) is 6.35 Å². The summed E-state index contributed by atoms with van der Waals surface area (Å²) >= 11 is 1.52. The number of hydrogen-bond donors (Lipinski definition) is 1. The molecule has 3 rings (SSSR count). The highest BCUT2D eigenvalue weighted by Crippen LogP contribution is 2.50. The van der Waals surface area contributed by atoms with Gasteiger partial charge in [-0.3, -0.25) is 14.2 Å². The van der Waals surface area contributed by atoms with Crippen molar-refractivity contribution in [2.45, 2.75) is 20.3 Å². The van der Waals surface area contributed by atoms with Crippen LogP contribution in [0.25, 0.3) is 11.3 Å². The molecule has 1 aromatic carbocycles. The van der Waals surface area contributed by atoms with Gasteiger partial charge in [0.1, 0.15) is 5.75 Å². The molecule has 1 N–H and O–H groups in total. The maximum atomic E-state index is 12.7. The number of thiazole rings is 1. The van der Waals surface area contributed by atoms with Crippen molar-refractivity contribution in [2.24, 2.45) is 0 Å². The second-order valence-corrected chi connectivity index (χ2v) is 8.56. The van der Waals surface area contributed by atoms with E-state index in [-0.39, 0.29) is 25.5 Å². The van der Waals surface area contributed by atoms with Crippen LogP contribution in [0.2, 0.25) is 0 Å². The van der Waals surface area contributed by atoms with Crippen molar-refractivity contribution in [1.82, 2.24) is 10.5 Å². The number of carbonyl (C=O) groups is 1. The minimum absolute atomic E-state index is 0.218. The smallest absolute Gasteiger partial charge is 0.367 e. The zero-order valence-corrected chi connectivity index (χ0v) is 17.0. The third kappa shape index (κ3) is 4.07. The fourth-order valence-electron chi connectivity index (χ4n) is 2.96. The van der Waals surface area contributed by atoms with Crippen LogP contribution in [-0.2, 0) is 24.9 Å². The summed E-state index contributed by atoms with van der Waals surface area (Å²) in [6.07, 6.45) is 0.359. The maximum absolute atomic E-state index is 12.7. The molecule has 1 aliphatic rings. The maximum Gasteiger partial charge on any atom is 0.367 e. The fraction of sp³-hybridized carbons (Fsp3) is 0.412. The van der Waals surface area contributed by atoms with Gasteiger partial charge in [0.05, 0.1) is 31.5 Å². The first kappa shape index (κ1) is 20.0. The quantitative estimate of drug-likeness (QED) is 0.424. The zero-order valence-electron chi connectivity index (χ0n) is 15.3. The van der Waals surface area contributed by atoms with E-state index in [2.05, 4.69) is 10.5 Å². The van der Waals surface area contributed by atoms with Gasteiger partial charge in [0.2, 0.25) is 0 Å². The number of rotatable bonds is 9. The molecule has 0 bridgehead atoms. The van der Waals surface area contributed by atoms with Crippen molar-refractivity contribution in [2.75, 3.05) is 26.7 Å². The summed E-state index contributed by atoms with van der Waals surface area (Å²) in [5, 5.41) is 0. The Morgan fingerprint density at radius 3 is 2.70 bits per heavy atom. The number of ether oxygens (including phenoxy) is 1. The van der Waals surface area contributed by atoms with Crippen LogP contribution >= 0.6 is 18.9 Å². The first-order valence-corrected chi connectivity index (χ1v) is 11.1. The molecule has 0 saturated carbocycles. The topological polar surface area (TPSA) is 96.0 Å². The number of benzene rings is 1. The highest BCUT2D eigenvalue weighted by Gasteiger charge is 2.31. The molecule has 1 aromatic heterocycles. The largest absolute Gasteiger partial charge is 0.480 e. The summed E-state index contributed by atoms with van der Waals surface area (Å²) in [6.45, 7) is 4.00. The van der Waals surface area contributed by atoms with Crippen LogP contribution in [0.3, 0.4) is 0 Å². The Labute approximate surface area is 161 Å². The lowest BCUT2D eigenvalue weighted by atomic mass is 10.0. The zero-order chi connectivity index (χ0) is 19.4. The van der Waals surface area contributed by atoms with Gasteiger partial charge >= 0.3 is 7.60 Å². The normalized spacial score (nSPS) is 12.6. The van der Waals surface area contributed by atoms with Gasteiger partial charge in [-0.2, -0.15) is 0 Å². The van der Waals surface area contributed by atoms with Gasteiger partial charge in [0.25, 0.3) is 5.91 Å². The molecule has 2 aromatic rings. The number of hydrogen-bond acceptors (Lipinski definition) is 8. The summed E-state index contributed by atoms with van der Waals surface area (Å²) in [5.41, 5.74) is 6.89. The fourth-order valence-corrected chi connectivity index (χ4v) is 5.05. The van der Waals surface area contributed by atoms with E-state index in [1.54, 1.807) is 31.5 Å². The molecule has 0 aliphatic heterocycles. The SMILES string of the molecule is CCOP(=O)(COc1ccc(C(=O)NOC)c2c1-c1ncsc1C2)OCC. The number of aromatic nitrogens is 1. The molecule has 1 aliphatic carbocycles. The van der Waals surface area contributed by atoms with Gasteiger partial charge in [-0.25, -0.2) is 10.5 Å². The lowest BCUT2D eigenvalue weighted by Crippen LogP contribution is -2.23. The highest BCUT2D eigenvalue weighted by atomic mass is 32.1. The predicted molar refractivity (Wildman–Crippen MR) is 101 cm³/mol. The molecular weight excluding hydrogens is 391 g/mol. The van der Waals surface area contributed by atoms with Crippen LogP contribution in [0.5, 0.6) is 5.75 Å². The predicted octanol–water partition coefficient (Wildman–Crippen LogP) is 3.61. The standard InChI is InChI=1S/C17H21N2O6PS/c1-4-24-26(21,25-5-2)10-23-13-7-6-11(17(20)19-22-3)12-8-14-16(15(12)13)18-9-27-14/h6-7,9H,4-5,8,10H2,1-3H3,(H,19,20). The van der Waals surface area contributed by atoms with Crippen molar-refractivity contribution in [3.63, 3.8) is 0 Å². The van der Waals surface area contributed by atoms with E-state index in [0.717, 1.165) is 21.7 Å². The second kappa shape index (κ2) is 8.50. The molecule has 8 nitrogen and oxygen atoms in total. The minimum Gasteiger partial charge on any atom is -0.480 e. The Morgan fingerprint density at radius 2 is 2.04 bits per heavy atom. The lowest BCUT2D eigenvalue weighted by Gasteiger charge is -2.19. The molecule has 146 valence electrons. The van der Waals surface area contributed by atoms with Crippen LogP contribution in [0, 0.1) is 0 Å². The van der Waals surface area contributed by atoms with E-state index in [1.165, 1.54) is 18.4 Å². The van der Waals surface area contributed by atoms with Crippen molar-refractivity contribution in [3.8, 4) is 17.0 Å². The van der Waals surface area contributed by atoms with Crippen LogP contribution in [0.4, 0.5) is 0 Å². The summed E-state index contributed by atoms with van der Waals surface area (Å²) in [4.78, 5) is 22.5.